The van der Waals surface area contributed by atoms with Crippen molar-refractivity contribution < 1.29 is 29.0 Å². The molecule has 1 unspecified atom stereocenters. The number of benzene rings is 2. The van der Waals surface area contributed by atoms with Gasteiger partial charge in [0.15, 0.2) is 0 Å². The highest BCUT2D eigenvalue weighted by molar-refractivity contribution is 5.84. The number of carboxylic acid groups (broad SMARTS) is 2. The molecule has 0 saturated heterocycles. The molecule has 2 N–H and O–H groups in total. The molecule has 0 amide bonds. The average Bonchev–Trinajstić information content (AvgIpc) is 2.63. The van der Waals surface area contributed by atoms with Gasteiger partial charge in [-0.05, 0) is 24.6 Å². The van der Waals surface area contributed by atoms with Crippen LogP contribution in [0.15, 0.2) is 57.7 Å². The van der Waals surface area contributed by atoms with Crippen molar-refractivity contribution in [1.82, 2.24) is 0 Å². The molecule has 0 bridgehead atoms. The number of ether oxygens (including phenoxy) is 1. The number of carboxylic acids is 2. The van der Waals surface area contributed by atoms with Crippen LogP contribution < -0.4 is 10.4 Å². The zero-order valence-corrected chi connectivity index (χ0v) is 14.3. The molecule has 1 heterocycles. The van der Waals surface area contributed by atoms with Gasteiger partial charge in [0.05, 0.1) is 12.0 Å². The smallest absolute Gasteiger partial charge is 0.349 e. The summed E-state index contributed by atoms with van der Waals surface area (Å²) in [6.07, 6.45) is -1.65. The molecule has 0 aliphatic heterocycles. The molecule has 0 radical (unpaired) electrons. The first kappa shape index (κ1) is 18.2. The van der Waals surface area contributed by atoms with Gasteiger partial charge in [-0.1, -0.05) is 30.3 Å². The summed E-state index contributed by atoms with van der Waals surface area (Å²) in [6, 6.07) is 13.1. The van der Waals surface area contributed by atoms with E-state index in [9.17, 15) is 19.5 Å². The van der Waals surface area contributed by atoms with Crippen LogP contribution >= 0.6 is 0 Å². The maximum Gasteiger partial charge on any atom is 0.349 e. The average molecular weight is 368 g/mol. The lowest BCUT2D eigenvalue weighted by molar-refractivity contribution is -0.145. The highest BCUT2D eigenvalue weighted by Gasteiger charge is 2.22. The van der Waals surface area contributed by atoms with Gasteiger partial charge in [-0.2, -0.15) is 0 Å². The number of aryl methyl sites for hydroxylation is 1. The van der Waals surface area contributed by atoms with E-state index in [0.717, 1.165) is 0 Å². The molecule has 7 nitrogen and oxygen atoms in total. The van der Waals surface area contributed by atoms with Gasteiger partial charge in [-0.3, -0.25) is 4.79 Å². The first-order chi connectivity index (χ1) is 12.9. The summed E-state index contributed by atoms with van der Waals surface area (Å²) in [6.45, 7) is 1.64. The Hall–Kier alpha value is -3.61. The highest BCUT2D eigenvalue weighted by Crippen LogP contribution is 2.28. The molecule has 7 heteroatoms. The SMILES string of the molecule is Cc1c(CC(=O)O)c(=O)oc2cc(OC(C(=O)O)c3ccccc3)ccc12. The fourth-order valence-electron chi connectivity index (χ4n) is 2.83. The molecular weight excluding hydrogens is 352 g/mol. The number of carbonyl (C=O) groups is 2. The van der Waals surface area contributed by atoms with Crippen LogP contribution in [0.2, 0.25) is 0 Å². The van der Waals surface area contributed by atoms with Crippen LogP contribution in [0, 0.1) is 6.92 Å². The Kier molecular flexibility index (Phi) is 4.94. The predicted molar refractivity (Wildman–Crippen MR) is 96.0 cm³/mol. The van der Waals surface area contributed by atoms with Crippen LogP contribution in [-0.2, 0) is 16.0 Å². The lowest BCUT2D eigenvalue weighted by Gasteiger charge is -2.16. The first-order valence-electron chi connectivity index (χ1n) is 8.09. The number of hydrogen-bond acceptors (Lipinski definition) is 5. The second-order valence-electron chi connectivity index (χ2n) is 5.97. The minimum absolute atomic E-state index is 0.0800. The molecule has 0 saturated carbocycles. The molecule has 0 spiro atoms. The molecule has 27 heavy (non-hydrogen) atoms. The Morgan fingerprint density at radius 3 is 2.44 bits per heavy atom. The summed E-state index contributed by atoms with van der Waals surface area (Å²) in [7, 11) is 0. The van der Waals surface area contributed by atoms with E-state index in [1.54, 1.807) is 49.4 Å². The van der Waals surface area contributed by atoms with Gasteiger partial charge in [0.2, 0.25) is 6.10 Å². The van der Waals surface area contributed by atoms with E-state index < -0.39 is 30.1 Å². The lowest BCUT2D eigenvalue weighted by atomic mass is 10.0. The predicted octanol–water partition coefficient (Wildman–Crippen LogP) is 2.93. The number of aliphatic carboxylic acids is 2. The maximum absolute atomic E-state index is 12.1. The Morgan fingerprint density at radius 1 is 1.11 bits per heavy atom. The maximum atomic E-state index is 12.1. The fourth-order valence-corrected chi connectivity index (χ4v) is 2.83. The van der Waals surface area contributed by atoms with Crippen LogP contribution in [-0.4, -0.2) is 22.2 Å². The zero-order chi connectivity index (χ0) is 19.6. The number of fused-ring (bicyclic) bond motifs is 1. The summed E-state index contributed by atoms with van der Waals surface area (Å²) in [5.74, 6) is -2.07. The van der Waals surface area contributed by atoms with Crippen LogP contribution in [0.3, 0.4) is 0 Å². The van der Waals surface area contributed by atoms with Crippen molar-refractivity contribution in [1.29, 1.82) is 0 Å². The van der Waals surface area contributed by atoms with Gasteiger partial charge >= 0.3 is 17.6 Å². The highest BCUT2D eigenvalue weighted by atomic mass is 16.5. The van der Waals surface area contributed by atoms with Crippen molar-refractivity contribution in [3.8, 4) is 5.75 Å². The van der Waals surface area contributed by atoms with Crippen molar-refractivity contribution in [3.05, 3.63) is 75.6 Å². The van der Waals surface area contributed by atoms with E-state index in [0.29, 0.717) is 16.5 Å². The van der Waals surface area contributed by atoms with Crippen molar-refractivity contribution in [2.45, 2.75) is 19.4 Å². The third kappa shape index (κ3) is 3.82. The first-order valence-corrected chi connectivity index (χ1v) is 8.09. The van der Waals surface area contributed by atoms with E-state index in [4.69, 9.17) is 14.3 Å². The Balaban J connectivity index is 2.00. The second-order valence-corrected chi connectivity index (χ2v) is 5.97. The Morgan fingerprint density at radius 2 is 1.81 bits per heavy atom. The van der Waals surface area contributed by atoms with Gasteiger partial charge in [0.25, 0.3) is 0 Å². The van der Waals surface area contributed by atoms with Gasteiger partial charge in [0.1, 0.15) is 11.3 Å². The van der Waals surface area contributed by atoms with Gasteiger partial charge in [-0.25, -0.2) is 9.59 Å². The van der Waals surface area contributed by atoms with Crippen LogP contribution in [0.5, 0.6) is 5.75 Å². The van der Waals surface area contributed by atoms with E-state index in [-0.39, 0.29) is 16.9 Å². The summed E-state index contributed by atoms with van der Waals surface area (Å²) in [5, 5.41) is 19.0. The summed E-state index contributed by atoms with van der Waals surface area (Å²) in [4.78, 5) is 34.6. The third-order valence-corrected chi connectivity index (χ3v) is 4.17. The monoisotopic (exact) mass is 368 g/mol. The van der Waals surface area contributed by atoms with Crippen LogP contribution in [0.25, 0.3) is 11.0 Å². The molecule has 0 aliphatic rings. The molecule has 1 atom stereocenters. The Labute approximate surface area is 153 Å². The molecule has 1 aromatic heterocycles. The van der Waals surface area contributed by atoms with E-state index >= 15 is 0 Å². The third-order valence-electron chi connectivity index (χ3n) is 4.17. The Bertz CT molecular complexity index is 1070. The van der Waals surface area contributed by atoms with Gasteiger partial charge in [0, 0.05) is 17.0 Å². The van der Waals surface area contributed by atoms with Crippen molar-refractivity contribution >= 4 is 22.9 Å². The largest absolute Gasteiger partial charge is 0.481 e. The van der Waals surface area contributed by atoms with Gasteiger partial charge < -0.3 is 19.4 Å². The fraction of sp³-hybridized carbons (Fsp3) is 0.150. The van der Waals surface area contributed by atoms with Crippen molar-refractivity contribution in [2.24, 2.45) is 0 Å². The summed E-state index contributed by atoms with van der Waals surface area (Å²) >= 11 is 0. The number of hydrogen-bond donors (Lipinski definition) is 2. The van der Waals surface area contributed by atoms with E-state index in [1.807, 2.05) is 0 Å². The topological polar surface area (TPSA) is 114 Å². The zero-order valence-electron chi connectivity index (χ0n) is 14.3. The second kappa shape index (κ2) is 7.33. The molecule has 0 aliphatic carbocycles. The van der Waals surface area contributed by atoms with Gasteiger partial charge in [-0.15, -0.1) is 0 Å². The summed E-state index contributed by atoms with van der Waals surface area (Å²) < 4.78 is 10.8. The van der Waals surface area contributed by atoms with Crippen molar-refractivity contribution in [2.75, 3.05) is 0 Å². The standard InChI is InChI=1S/C20H16O7/c1-11-14-8-7-13(9-16(14)27-20(25)15(11)10-17(21)22)26-18(19(23)24)12-5-3-2-4-6-12/h2-9,18H,10H2,1H3,(H,21,22)(H,23,24). The molecule has 3 rings (SSSR count). The number of rotatable bonds is 6. The summed E-state index contributed by atoms with van der Waals surface area (Å²) in [5.41, 5.74) is 0.516. The lowest BCUT2D eigenvalue weighted by Crippen LogP contribution is -2.18. The normalized spacial score (nSPS) is 11.9. The molecule has 2 aromatic carbocycles. The molecule has 138 valence electrons. The van der Waals surface area contributed by atoms with Crippen LogP contribution in [0.1, 0.15) is 22.8 Å². The quantitative estimate of drug-likeness (QED) is 0.643. The molecule has 0 fully saturated rings. The minimum Gasteiger partial charge on any atom is -0.481 e. The minimum atomic E-state index is -1.22. The van der Waals surface area contributed by atoms with Crippen LogP contribution in [0.4, 0.5) is 0 Å². The van der Waals surface area contributed by atoms with Crippen molar-refractivity contribution in [3.63, 3.8) is 0 Å². The molecule has 3 aromatic rings. The molecular formula is C20H16O7. The van der Waals surface area contributed by atoms with E-state index in [2.05, 4.69) is 0 Å². The van der Waals surface area contributed by atoms with E-state index in [1.165, 1.54) is 6.07 Å².